The Bertz CT molecular complexity index is 1480. The Labute approximate surface area is 274 Å². The number of amides is 3. The quantitative estimate of drug-likeness (QED) is 0.232. The van der Waals surface area contributed by atoms with Crippen LogP contribution in [0.4, 0.5) is 10.5 Å². The molecule has 13 heteroatoms. The second kappa shape index (κ2) is 16.4. The monoisotopic (exact) mass is 658 g/mol. The highest BCUT2D eigenvalue weighted by molar-refractivity contribution is 7.98. The van der Waals surface area contributed by atoms with Gasteiger partial charge in [0.1, 0.15) is 11.6 Å². The van der Waals surface area contributed by atoms with Gasteiger partial charge in [0.05, 0.1) is 33.1 Å². The van der Waals surface area contributed by atoms with Gasteiger partial charge >= 0.3 is 6.09 Å². The summed E-state index contributed by atoms with van der Waals surface area (Å²) in [4.78, 5) is 51.2. The predicted octanol–water partition coefficient (Wildman–Crippen LogP) is 4.04. The summed E-state index contributed by atoms with van der Waals surface area (Å²) in [6.07, 6.45) is 2.92. The fourth-order valence-corrected chi connectivity index (χ4v) is 5.78. The van der Waals surface area contributed by atoms with Crippen molar-refractivity contribution < 1.29 is 33.3 Å². The molecular weight excluding hydrogens is 612 g/mol. The largest absolute Gasteiger partial charge is 0.493 e. The molecule has 2 aromatic carbocycles. The van der Waals surface area contributed by atoms with Gasteiger partial charge < -0.3 is 40.2 Å². The molecule has 0 bridgehead atoms. The second-order valence-electron chi connectivity index (χ2n) is 11.8. The van der Waals surface area contributed by atoms with Crippen molar-refractivity contribution in [3.05, 3.63) is 45.6 Å². The molecule has 1 aliphatic carbocycles. The topological polar surface area (TPSA) is 153 Å². The number of thioether (sulfide) groups is 1. The van der Waals surface area contributed by atoms with E-state index in [1.54, 1.807) is 58.9 Å². The zero-order valence-corrected chi connectivity index (χ0v) is 28.7. The molecular formula is C33H46N4O8S. The number of ether oxygens (including phenoxy) is 4. The summed E-state index contributed by atoms with van der Waals surface area (Å²) in [5.41, 5.74) is 2.21. The molecule has 2 atom stereocenters. The molecule has 0 saturated heterocycles. The molecule has 0 saturated carbocycles. The molecule has 252 valence electrons. The highest BCUT2D eigenvalue weighted by Crippen LogP contribution is 2.50. The Balaban J connectivity index is 2.00. The molecule has 2 unspecified atom stereocenters. The van der Waals surface area contributed by atoms with Gasteiger partial charge in [-0.3, -0.25) is 14.4 Å². The molecule has 2 aromatic rings. The predicted molar refractivity (Wildman–Crippen MR) is 180 cm³/mol. The number of alkyl carbamates (subject to hydrolysis) is 1. The lowest BCUT2D eigenvalue weighted by atomic mass is 9.95. The minimum Gasteiger partial charge on any atom is -0.493 e. The normalized spacial score (nSPS) is 14.4. The lowest BCUT2D eigenvalue weighted by Gasteiger charge is -2.20. The van der Waals surface area contributed by atoms with Crippen molar-refractivity contribution in [2.45, 2.75) is 64.6 Å². The Hall–Kier alpha value is -4.13. The van der Waals surface area contributed by atoms with Crippen LogP contribution < -0.4 is 40.9 Å². The first-order chi connectivity index (χ1) is 21.8. The molecule has 0 aliphatic heterocycles. The molecule has 0 fully saturated rings. The van der Waals surface area contributed by atoms with Crippen LogP contribution in [0.1, 0.15) is 57.7 Å². The molecule has 46 heavy (non-hydrogen) atoms. The van der Waals surface area contributed by atoms with Gasteiger partial charge in [-0.2, -0.15) is 11.8 Å². The zero-order chi connectivity index (χ0) is 34.0. The number of fused-ring (bicyclic) bond motifs is 3. The standard InChI is InChI=1S/C33H46N4O8S/c1-19(38)36-23-11-9-20-17-27(42-5)29(43-6)30(44-7)28(20)21-10-12-24(26(39)18-22(21)23)37-25(13-16-46-8)31(40)34-14-15-35-32(41)45-33(2,3)4/h10,12,17-18,23,25H,9,11,13-16H2,1-8H3,(H,34,40)(H,35,41)(H,36,38)(H,37,39). The average molecular weight is 659 g/mol. The summed E-state index contributed by atoms with van der Waals surface area (Å²) in [6.45, 7) is 7.10. The maximum absolute atomic E-state index is 13.8. The van der Waals surface area contributed by atoms with Gasteiger partial charge in [-0.15, -0.1) is 0 Å². The van der Waals surface area contributed by atoms with Crippen LogP contribution in [0.2, 0.25) is 0 Å². The van der Waals surface area contributed by atoms with Crippen molar-refractivity contribution in [1.29, 1.82) is 0 Å². The first-order valence-corrected chi connectivity index (χ1v) is 16.5. The second-order valence-corrected chi connectivity index (χ2v) is 12.8. The van der Waals surface area contributed by atoms with Gasteiger partial charge in [0.15, 0.2) is 11.5 Å². The smallest absolute Gasteiger partial charge is 0.407 e. The van der Waals surface area contributed by atoms with Gasteiger partial charge in [-0.25, -0.2) is 4.79 Å². The van der Waals surface area contributed by atoms with Gasteiger partial charge in [-0.05, 0) is 86.9 Å². The van der Waals surface area contributed by atoms with E-state index in [0.29, 0.717) is 53.4 Å². The number of hydrogen-bond acceptors (Lipinski definition) is 10. The summed E-state index contributed by atoms with van der Waals surface area (Å²) in [5, 5.41) is 11.6. The van der Waals surface area contributed by atoms with E-state index in [1.165, 1.54) is 20.1 Å². The van der Waals surface area contributed by atoms with Crippen LogP contribution in [0.3, 0.4) is 0 Å². The molecule has 12 nitrogen and oxygen atoms in total. The van der Waals surface area contributed by atoms with E-state index >= 15 is 0 Å². The van der Waals surface area contributed by atoms with Gasteiger partial charge in [0, 0.05) is 25.6 Å². The number of aryl methyl sites for hydroxylation is 1. The van der Waals surface area contributed by atoms with E-state index in [-0.39, 0.29) is 36.0 Å². The molecule has 1 aliphatic rings. The van der Waals surface area contributed by atoms with Gasteiger partial charge in [0.25, 0.3) is 0 Å². The summed E-state index contributed by atoms with van der Waals surface area (Å²) in [5.74, 6) is 1.50. The van der Waals surface area contributed by atoms with Gasteiger partial charge in [-0.1, -0.05) is 6.07 Å². The summed E-state index contributed by atoms with van der Waals surface area (Å²) >= 11 is 1.58. The molecule has 0 spiro atoms. The zero-order valence-electron chi connectivity index (χ0n) is 27.9. The third-order valence-corrected chi connectivity index (χ3v) is 7.91. The average Bonchev–Trinajstić information content (AvgIpc) is 3.23. The van der Waals surface area contributed by atoms with Crippen LogP contribution in [0.25, 0.3) is 11.1 Å². The maximum atomic E-state index is 13.8. The fraction of sp³-hybridized carbons (Fsp3) is 0.515. The van der Waals surface area contributed by atoms with E-state index < -0.39 is 23.8 Å². The third kappa shape index (κ3) is 9.44. The molecule has 0 radical (unpaired) electrons. The lowest BCUT2D eigenvalue weighted by Crippen LogP contribution is -2.44. The number of benzene rings is 1. The highest BCUT2D eigenvalue weighted by atomic mass is 32.2. The van der Waals surface area contributed by atoms with E-state index in [0.717, 1.165) is 11.1 Å². The van der Waals surface area contributed by atoms with E-state index in [4.69, 9.17) is 18.9 Å². The molecule has 0 aromatic heterocycles. The summed E-state index contributed by atoms with van der Waals surface area (Å²) in [6, 6.07) is 5.68. The van der Waals surface area contributed by atoms with Gasteiger partial charge in [0.2, 0.25) is 23.0 Å². The Morgan fingerprint density at radius 3 is 2.30 bits per heavy atom. The van der Waals surface area contributed by atoms with Crippen LogP contribution in [-0.4, -0.2) is 76.0 Å². The Morgan fingerprint density at radius 2 is 1.70 bits per heavy atom. The number of carbonyl (C=O) groups excluding carboxylic acids is 3. The van der Waals surface area contributed by atoms with E-state index in [1.807, 2.05) is 12.3 Å². The van der Waals surface area contributed by atoms with Crippen molar-refractivity contribution in [2.24, 2.45) is 0 Å². The van der Waals surface area contributed by atoms with E-state index in [2.05, 4.69) is 21.3 Å². The maximum Gasteiger partial charge on any atom is 0.407 e. The Morgan fingerprint density at radius 1 is 1.00 bits per heavy atom. The first-order valence-electron chi connectivity index (χ1n) is 15.1. The van der Waals surface area contributed by atoms with E-state index in [9.17, 15) is 19.2 Å². The summed E-state index contributed by atoms with van der Waals surface area (Å²) < 4.78 is 22.3. The molecule has 3 rings (SSSR count). The SMILES string of the molecule is COc1cc2c(c(OC)c1OC)-c1ccc(NC(CCSC)C(=O)NCCNC(=O)OC(C)(C)C)c(=O)cc1C(NC(C)=O)CC2. The molecule has 4 N–H and O–H groups in total. The van der Waals surface area contributed by atoms with Crippen molar-refractivity contribution in [1.82, 2.24) is 16.0 Å². The number of rotatable bonds is 13. The van der Waals surface area contributed by atoms with Crippen molar-refractivity contribution >= 4 is 35.4 Å². The molecule has 0 heterocycles. The minimum absolute atomic E-state index is 0.176. The first kappa shape index (κ1) is 36.3. The Kier molecular flexibility index (Phi) is 13.0. The summed E-state index contributed by atoms with van der Waals surface area (Å²) in [7, 11) is 4.62. The van der Waals surface area contributed by atoms with Crippen molar-refractivity contribution in [3.8, 4) is 28.4 Å². The van der Waals surface area contributed by atoms with Crippen LogP contribution in [-0.2, 0) is 20.7 Å². The van der Waals surface area contributed by atoms with Crippen molar-refractivity contribution in [2.75, 3.05) is 51.7 Å². The number of carbonyl (C=O) groups is 3. The number of hydrogen-bond donors (Lipinski definition) is 4. The molecule has 3 amide bonds. The van der Waals surface area contributed by atoms with Crippen molar-refractivity contribution in [3.63, 3.8) is 0 Å². The lowest BCUT2D eigenvalue weighted by molar-refractivity contribution is -0.122. The third-order valence-electron chi connectivity index (χ3n) is 7.27. The number of anilines is 1. The van der Waals surface area contributed by atoms with Crippen LogP contribution >= 0.6 is 11.8 Å². The van der Waals surface area contributed by atoms with Crippen LogP contribution in [0, 0.1) is 0 Å². The number of methoxy groups -OCH3 is 3. The van der Waals surface area contributed by atoms with Crippen LogP contribution in [0.5, 0.6) is 17.2 Å². The highest BCUT2D eigenvalue weighted by Gasteiger charge is 2.30. The minimum atomic E-state index is -0.721. The van der Waals surface area contributed by atoms with Crippen LogP contribution in [0.15, 0.2) is 29.1 Å². The number of nitrogens with one attached hydrogen (secondary N) is 4. The fourth-order valence-electron chi connectivity index (χ4n) is 5.31.